The van der Waals surface area contributed by atoms with Gasteiger partial charge >= 0.3 is 11.9 Å². The Kier molecular flexibility index (Phi) is 3.88. The summed E-state index contributed by atoms with van der Waals surface area (Å²) in [5.41, 5.74) is 0.475. The van der Waals surface area contributed by atoms with Crippen LogP contribution in [0, 0.1) is 0 Å². The van der Waals surface area contributed by atoms with Crippen LogP contribution in [-0.2, 0) is 19.1 Å². The molecule has 0 bridgehead atoms. The Hall–Kier alpha value is -2.04. The van der Waals surface area contributed by atoms with E-state index in [0.29, 0.717) is 5.56 Å². The molecule has 0 aromatic heterocycles. The highest BCUT2D eigenvalue weighted by Gasteiger charge is 2.17. The first-order chi connectivity index (χ1) is 7.49. The van der Waals surface area contributed by atoms with Crippen LogP contribution in [0.3, 0.4) is 0 Å². The number of aromatic hydroxyl groups is 1. The summed E-state index contributed by atoms with van der Waals surface area (Å²) in [6.07, 6.45) is -1.07. The second-order valence-electron chi connectivity index (χ2n) is 3.14. The molecule has 0 aliphatic heterocycles. The number of hydrogen-bond donors (Lipinski definition) is 1. The molecule has 86 valence electrons. The highest BCUT2D eigenvalue weighted by molar-refractivity contribution is 5.68. The summed E-state index contributed by atoms with van der Waals surface area (Å²) in [5.74, 6) is -1.04. The Morgan fingerprint density at radius 1 is 1.06 bits per heavy atom. The minimum absolute atomic E-state index is 0.0770. The van der Waals surface area contributed by atoms with E-state index in [0.717, 1.165) is 0 Å². The molecule has 5 nitrogen and oxygen atoms in total. The minimum atomic E-state index is -1.07. The van der Waals surface area contributed by atoms with Crippen LogP contribution in [-0.4, -0.2) is 17.0 Å². The number of rotatable bonds is 3. The number of esters is 2. The van der Waals surface area contributed by atoms with Gasteiger partial charge in [-0.2, -0.15) is 0 Å². The van der Waals surface area contributed by atoms with Gasteiger partial charge in [0.05, 0.1) is 0 Å². The monoisotopic (exact) mass is 224 g/mol. The smallest absolute Gasteiger partial charge is 0.305 e. The Balaban J connectivity index is 2.86. The van der Waals surface area contributed by atoms with Crippen molar-refractivity contribution in [2.75, 3.05) is 0 Å². The van der Waals surface area contributed by atoms with Crippen molar-refractivity contribution in [2.45, 2.75) is 20.1 Å². The van der Waals surface area contributed by atoms with Crippen molar-refractivity contribution >= 4 is 11.9 Å². The van der Waals surface area contributed by atoms with E-state index in [1.54, 1.807) is 0 Å². The van der Waals surface area contributed by atoms with Crippen LogP contribution in [0.2, 0.25) is 0 Å². The predicted octanol–water partition coefficient (Wildman–Crippen LogP) is 1.52. The van der Waals surface area contributed by atoms with Gasteiger partial charge in [-0.05, 0) is 24.3 Å². The Bertz CT molecular complexity index is 366. The molecule has 1 aromatic carbocycles. The Labute approximate surface area is 92.6 Å². The molecule has 0 fully saturated rings. The molecule has 0 radical (unpaired) electrons. The number of phenols is 1. The average molecular weight is 224 g/mol. The predicted molar refractivity (Wildman–Crippen MR) is 54.4 cm³/mol. The SMILES string of the molecule is CC(=O)OC(OC(C)=O)c1ccc(O)cc1. The van der Waals surface area contributed by atoms with Crippen molar-refractivity contribution in [3.05, 3.63) is 29.8 Å². The second-order valence-corrected chi connectivity index (χ2v) is 3.14. The van der Waals surface area contributed by atoms with Gasteiger partial charge in [-0.1, -0.05) is 0 Å². The van der Waals surface area contributed by atoms with Gasteiger partial charge in [-0.25, -0.2) is 0 Å². The topological polar surface area (TPSA) is 72.8 Å². The van der Waals surface area contributed by atoms with Gasteiger partial charge in [0.1, 0.15) is 5.75 Å². The van der Waals surface area contributed by atoms with E-state index in [-0.39, 0.29) is 5.75 Å². The summed E-state index contributed by atoms with van der Waals surface area (Å²) >= 11 is 0. The highest BCUT2D eigenvalue weighted by Crippen LogP contribution is 2.21. The fourth-order valence-electron chi connectivity index (χ4n) is 1.09. The van der Waals surface area contributed by atoms with Gasteiger partial charge in [0.15, 0.2) is 0 Å². The molecule has 0 atom stereocenters. The summed E-state index contributed by atoms with van der Waals surface area (Å²) in [6.45, 7) is 2.44. The van der Waals surface area contributed by atoms with Gasteiger partial charge < -0.3 is 14.6 Å². The van der Waals surface area contributed by atoms with Crippen LogP contribution in [0.4, 0.5) is 0 Å². The lowest BCUT2D eigenvalue weighted by Gasteiger charge is -2.16. The van der Waals surface area contributed by atoms with Crippen molar-refractivity contribution in [2.24, 2.45) is 0 Å². The molecule has 0 unspecified atom stereocenters. The Morgan fingerprint density at radius 2 is 1.50 bits per heavy atom. The van der Waals surface area contributed by atoms with Gasteiger partial charge in [0, 0.05) is 19.4 Å². The minimum Gasteiger partial charge on any atom is -0.508 e. The molecule has 0 saturated heterocycles. The maximum absolute atomic E-state index is 10.8. The summed E-state index contributed by atoms with van der Waals surface area (Å²) < 4.78 is 9.65. The number of phenolic OH excluding ortho intramolecular Hbond substituents is 1. The maximum Gasteiger partial charge on any atom is 0.305 e. The molecular formula is C11H12O5. The average Bonchev–Trinajstić information content (AvgIpc) is 2.16. The van der Waals surface area contributed by atoms with Crippen LogP contribution in [0.15, 0.2) is 24.3 Å². The molecule has 0 heterocycles. The van der Waals surface area contributed by atoms with E-state index in [9.17, 15) is 9.59 Å². The van der Waals surface area contributed by atoms with E-state index >= 15 is 0 Å². The first-order valence-corrected chi connectivity index (χ1v) is 4.62. The van der Waals surface area contributed by atoms with Gasteiger partial charge in [-0.3, -0.25) is 9.59 Å². The third-order valence-corrected chi connectivity index (χ3v) is 1.71. The van der Waals surface area contributed by atoms with Crippen LogP contribution in [0.5, 0.6) is 5.75 Å². The summed E-state index contributed by atoms with van der Waals surface area (Å²) in [4.78, 5) is 21.6. The van der Waals surface area contributed by atoms with E-state index in [1.165, 1.54) is 38.1 Å². The first-order valence-electron chi connectivity index (χ1n) is 4.62. The van der Waals surface area contributed by atoms with E-state index in [4.69, 9.17) is 14.6 Å². The molecule has 0 amide bonds. The lowest BCUT2D eigenvalue weighted by molar-refractivity contribution is -0.186. The third kappa shape index (κ3) is 3.61. The molecule has 1 aromatic rings. The van der Waals surface area contributed by atoms with Crippen molar-refractivity contribution in [1.82, 2.24) is 0 Å². The molecule has 16 heavy (non-hydrogen) atoms. The zero-order valence-electron chi connectivity index (χ0n) is 8.97. The van der Waals surface area contributed by atoms with Crippen LogP contribution in [0.25, 0.3) is 0 Å². The van der Waals surface area contributed by atoms with Gasteiger partial charge in [0.2, 0.25) is 0 Å². The van der Waals surface area contributed by atoms with E-state index < -0.39 is 18.2 Å². The second kappa shape index (κ2) is 5.16. The zero-order chi connectivity index (χ0) is 12.1. The fraction of sp³-hybridized carbons (Fsp3) is 0.273. The standard InChI is InChI=1S/C11H12O5/c1-7(12)15-11(16-8(2)13)9-3-5-10(14)6-4-9/h3-6,11,14H,1-2H3. The molecule has 1 rings (SSSR count). The van der Waals surface area contributed by atoms with Crippen LogP contribution >= 0.6 is 0 Å². The van der Waals surface area contributed by atoms with Gasteiger partial charge in [0.25, 0.3) is 6.29 Å². The number of hydrogen-bond acceptors (Lipinski definition) is 5. The van der Waals surface area contributed by atoms with E-state index in [2.05, 4.69) is 0 Å². The highest BCUT2D eigenvalue weighted by atomic mass is 16.7. The normalized spacial score (nSPS) is 9.94. The molecule has 0 spiro atoms. The molecule has 0 saturated carbocycles. The molecule has 5 heteroatoms. The largest absolute Gasteiger partial charge is 0.508 e. The zero-order valence-corrected chi connectivity index (χ0v) is 8.97. The maximum atomic E-state index is 10.8. The lowest BCUT2D eigenvalue weighted by Crippen LogP contribution is -2.14. The lowest BCUT2D eigenvalue weighted by atomic mass is 10.2. The molecule has 0 aliphatic carbocycles. The Morgan fingerprint density at radius 3 is 1.88 bits per heavy atom. The van der Waals surface area contributed by atoms with Crippen molar-refractivity contribution in [3.63, 3.8) is 0 Å². The quantitative estimate of drug-likeness (QED) is 0.622. The van der Waals surface area contributed by atoms with Crippen molar-refractivity contribution in [1.29, 1.82) is 0 Å². The molecule has 1 N–H and O–H groups in total. The van der Waals surface area contributed by atoms with Crippen molar-refractivity contribution in [3.8, 4) is 5.75 Å². The fourth-order valence-corrected chi connectivity index (χ4v) is 1.09. The number of ether oxygens (including phenoxy) is 2. The first kappa shape index (κ1) is 12.0. The van der Waals surface area contributed by atoms with Crippen molar-refractivity contribution < 1.29 is 24.2 Å². The number of carbonyl (C=O) groups is 2. The summed E-state index contributed by atoms with van der Waals surface area (Å²) in [5, 5.41) is 9.09. The molecule has 0 aliphatic rings. The van der Waals surface area contributed by atoms with E-state index in [1.807, 2.05) is 0 Å². The third-order valence-electron chi connectivity index (χ3n) is 1.71. The summed E-state index contributed by atoms with van der Waals surface area (Å²) in [6, 6.07) is 5.84. The summed E-state index contributed by atoms with van der Waals surface area (Å²) in [7, 11) is 0. The molecular weight excluding hydrogens is 212 g/mol. The number of benzene rings is 1. The number of carbonyl (C=O) groups excluding carboxylic acids is 2. The van der Waals surface area contributed by atoms with Gasteiger partial charge in [-0.15, -0.1) is 0 Å². The van der Waals surface area contributed by atoms with Crippen LogP contribution < -0.4 is 0 Å². The van der Waals surface area contributed by atoms with Crippen LogP contribution in [0.1, 0.15) is 25.7 Å².